The van der Waals surface area contributed by atoms with Crippen LogP contribution in [-0.4, -0.2) is 47.3 Å². The molecule has 2 aliphatic heterocycles. The van der Waals surface area contributed by atoms with E-state index in [9.17, 15) is 9.90 Å². The van der Waals surface area contributed by atoms with Crippen LogP contribution in [0.4, 0.5) is 0 Å². The lowest BCUT2D eigenvalue weighted by atomic mass is 9.88. The van der Waals surface area contributed by atoms with Gasteiger partial charge in [-0.1, -0.05) is 13.3 Å². The fraction of sp³-hybridized carbons (Fsp3) is 0.923. The average molecular weight is 241 g/mol. The Hall–Kier alpha value is -0.610. The summed E-state index contributed by atoms with van der Waals surface area (Å²) in [5, 5.41) is 9.62. The minimum atomic E-state index is -0.622. The maximum atomic E-state index is 11.7. The molecule has 4 nitrogen and oxygen atoms in total. The predicted octanol–water partition coefficient (Wildman–Crippen LogP) is 1.88. The van der Waals surface area contributed by atoms with Gasteiger partial charge in [0.1, 0.15) is 5.54 Å². The molecule has 2 aliphatic rings. The third kappa shape index (κ3) is 2.33. The van der Waals surface area contributed by atoms with Gasteiger partial charge < -0.3 is 9.84 Å². The number of nitrogens with zero attached hydrogens (tertiary/aromatic N) is 1. The van der Waals surface area contributed by atoms with E-state index in [1.807, 2.05) is 0 Å². The van der Waals surface area contributed by atoms with Crippen molar-refractivity contribution in [1.82, 2.24) is 4.90 Å². The van der Waals surface area contributed by atoms with Gasteiger partial charge in [-0.15, -0.1) is 0 Å². The summed E-state index contributed by atoms with van der Waals surface area (Å²) in [5.41, 5.74) is -0.587. The molecule has 0 radical (unpaired) electrons. The third-order valence-corrected chi connectivity index (χ3v) is 4.23. The smallest absolute Gasteiger partial charge is 0.324 e. The van der Waals surface area contributed by atoms with Gasteiger partial charge in [-0.2, -0.15) is 0 Å². The summed E-state index contributed by atoms with van der Waals surface area (Å²) < 4.78 is 5.37. The van der Waals surface area contributed by atoms with Crippen LogP contribution < -0.4 is 0 Å². The van der Waals surface area contributed by atoms with E-state index in [1.54, 1.807) is 0 Å². The van der Waals surface area contributed by atoms with Crippen molar-refractivity contribution in [3.05, 3.63) is 0 Å². The lowest BCUT2D eigenvalue weighted by Gasteiger charge is -2.41. The van der Waals surface area contributed by atoms with Gasteiger partial charge in [0.15, 0.2) is 0 Å². The van der Waals surface area contributed by atoms with Gasteiger partial charge in [0.25, 0.3) is 0 Å². The topological polar surface area (TPSA) is 49.8 Å². The van der Waals surface area contributed by atoms with Crippen LogP contribution in [-0.2, 0) is 9.53 Å². The second-order valence-electron chi connectivity index (χ2n) is 5.23. The number of carbonyl (C=O) groups is 1. The lowest BCUT2D eigenvalue weighted by molar-refractivity contribution is -0.153. The molecule has 0 aromatic rings. The summed E-state index contributed by atoms with van der Waals surface area (Å²) in [6, 6.07) is 0.411. The summed E-state index contributed by atoms with van der Waals surface area (Å²) in [5.74, 6) is -0.622. The largest absolute Gasteiger partial charge is 0.480 e. The van der Waals surface area contributed by atoms with Crippen molar-refractivity contribution in [2.24, 2.45) is 0 Å². The van der Waals surface area contributed by atoms with Gasteiger partial charge in [-0.05, 0) is 38.6 Å². The SMILES string of the molecule is CCCC1(C(=O)O)CCCN1C1CCOCC1. The number of aliphatic carboxylic acids is 1. The van der Waals surface area contributed by atoms with Crippen LogP contribution in [0.15, 0.2) is 0 Å². The summed E-state index contributed by atoms with van der Waals surface area (Å²) in [7, 11) is 0. The molecule has 17 heavy (non-hydrogen) atoms. The fourth-order valence-corrected chi connectivity index (χ4v) is 3.45. The second-order valence-corrected chi connectivity index (χ2v) is 5.23. The normalized spacial score (nSPS) is 31.8. The number of hydrogen-bond acceptors (Lipinski definition) is 3. The van der Waals surface area contributed by atoms with Gasteiger partial charge >= 0.3 is 5.97 Å². The zero-order chi connectivity index (χ0) is 12.3. The molecule has 0 aromatic heterocycles. The first-order valence-electron chi connectivity index (χ1n) is 6.78. The van der Waals surface area contributed by atoms with Crippen molar-refractivity contribution in [2.75, 3.05) is 19.8 Å². The Morgan fingerprint density at radius 2 is 2.18 bits per heavy atom. The molecule has 2 saturated heterocycles. The van der Waals surface area contributed by atoms with Crippen molar-refractivity contribution in [3.8, 4) is 0 Å². The maximum Gasteiger partial charge on any atom is 0.324 e. The molecule has 2 heterocycles. The highest BCUT2D eigenvalue weighted by molar-refractivity contribution is 5.79. The van der Waals surface area contributed by atoms with Crippen LogP contribution in [0.5, 0.6) is 0 Å². The highest BCUT2D eigenvalue weighted by Gasteiger charge is 2.49. The minimum absolute atomic E-state index is 0.411. The van der Waals surface area contributed by atoms with Crippen LogP contribution in [0, 0.1) is 0 Å². The average Bonchev–Trinajstić information content (AvgIpc) is 2.76. The van der Waals surface area contributed by atoms with Crippen LogP contribution in [0.1, 0.15) is 45.4 Å². The van der Waals surface area contributed by atoms with E-state index < -0.39 is 11.5 Å². The molecule has 1 N–H and O–H groups in total. The predicted molar refractivity (Wildman–Crippen MR) is 65.1 cm³/mol. The zero-order valence-electron chi connectivity index (χ0n) is 10.7. The Morgan fingerprint density at radius 1 is 1.47 bits per heavy atom. The number of hydrogen-bond donors (Lipinski definition) is 1. The van der Waals surface area contributed by atoms with Crippen LogP contribution in [0.2, 0.25) is 0 Å². The lowest BCUT2D eigenvalue weighted by Crippen LogP contribution is -2.55. The first-order valence-corrected chi connectivity index (χ1v) is 6.78. The molecule has 1 atom stereocenters. The van der Waals surface area contributed by atoms with Crippen molar-refractivity contribution >= 4 is 5.97 Å². The van der Waals surface area contributed by atoms with Gasteiger partial charge in [0, 0.05) is 19.3 Å². The summed E-state index contributed by atoms with van der Waals surface area (Å²) >= 11 is 0. The quantitative estimate of drug-likeness (QED) is 0.816. The molecule has 4 heteroatoms. The Bertz CT molecular complexity index is 276. The van der Waals surface area contributed by atoms with Crippen molar-refractivity contribution in [3.63, 3.8) is 0 Å². The number of carboxylic acid groups (broad SMARTS) is 1. The van der Waals surface area contributed by atoms with Gasteiger partial charge in [-0.25, -0.2) is 0 Å². The highest BCUT2D eigenvalue weighted by atomic mass is 16.5. The Labute approximate surface area is 103 Å². The number of ether oxygens (including phenoxy) is 1. The molecular weight excluding hydrogens is 218 g/mol. The van der Waals surface area contributed by atoms with E-state index in [1.165, 1.54) is 0 Å². The Balaban J connectivity index is 2.15. The molecule has 2 fully saturated rings. The molecule has 1 unspecified atom stereocenters. The Kier molecular flexibility index (Phi) is 4.05. The summed E-state index contributed by atoms with van der Waals surface area (Å²) in [6.07, 6.45) is 5.51. The van der Waals surface area contributed by atoms with Crippen molar-refractivity contribution in [1.29, 1.82) is 0 Å². The first kappa shape index (κ1) is 12.8. The summed E-state index contributed by atoms with van der Waals surface area (Å²) in [4.78, 5) is 14.0. The number of likely N-dealkylation sites (tertiary alicyclic amines) is 1. The van der Waals surface area contributed by atoms with Gasteiger partial charge in [0.2, 0.25) is 0 Å². The number of carboxylic acids is 1. The maximum absolute atomic E-state index is 11.7. The van der Waals surface area contributed by atoms with Crippen LogP contribution in [0.25, 0.3) is 0 Å². The third-order valence-electron chi connectivity index (χ3n) is 4.23. The van der Waals surface area contributed by atoms with Crippen molar-refractivity contribution < 1.29 is 14.6 Å². The molecule has 0 aliphatic carbocycles. The van der Waals surface area contributed by atoms with Crippen molar-refractivity contribution in [2.45, 2.75) is 57.0 Å². The fourth-order valence-electron chi connectivity index (χ4n) is 3.45. The molecule has 98 valence electrons. The van der Waals surface area contributed by atoms with E-state index in [2.05, 4.69) is 11.8 Å². The van der Waals surface area contributed by atoms with E-state index in [0.29, 0.717) is 6.04 Å². The standard InChI is InChI=1S/C13H23NO3/c1-2-6-13(12(15)16)7-3-8-14(13)11-4-9-17-10-5-11/h11H,2-10H2,1H3,(H,15,16). The van der Waals surface area contributed by atoms with E-state index in [0.717, 1.165) is 58.3 Å². The monoisotopic (exact) mass is 241 g/mol. The molecule has 0 saturated carbocycles. The van der Waals surface area contributed by atoms with E-state index >= 15 is 0 Å². The second kappa shape index (κ2) is 5.36. The van der Waals surface area contributed by atoms with E-state index in [-0.39, 0.29) is 0 Å². The molecule has 0 spiro atoms. The van der Waals surface area contributed by atoms with Crippen LogP contribution >= 0.6 is 0 Å². The summed E-state index contributed by atoms with van der Waals surface area (Å²) in [6.45, 7) is 4.58. The molecule has 2 rings (SSSR count). The molecule has 0 aromatic carbocycles. The Morgan fingerprint density at radius 3 is 2.76 bits per heavy atom. The van der Waals surface area contributed by atoms with Gasteiger partial charge in [-0.3, -0.25) is 9.69 Å². The van der Waals surface area contributed by atoms with Gasteiger partial charge in [0.05, 0.1) is 0 Å². The van der Waals surface area contributed by atoms with Crippen LogP contribution in [0.3, 0.4) is 0 Å². The molecule has 0 bridgehead atoms. The van der Waals surface area contributed by atoms with E-state index in [4.69, 9.17) is 4.74 Å². The molecule has 0 amide bonds. The first-order chi connectivity index (χ1) is 8.20. The molecular formula is C13H23NO3. The highest BCUT2D eigenvalue weighted by Crippen LogP contribution is 2.37. The number of rotatable bonds is 4. The zero-order valence-corrected chi connectivity index (χ0v) is 10.7. The minimum Gasteiger partial charge on any atom is -0.480 e.